The maximum atomic E-state index is 13.6. The number of nitrogens with one attached hydrogen (secondary N) is 3. The summed E-state index contributed by atoms with van der Waals surface area (Å²) in [6.07, 6.45) is 5.71. The van der Waals surface area contributed by atoms with Gasteiger partial charge in [-0.25, -0.2) is 14.4 Å². The minimum absolute atomic E-state index is 0.0847. The van der Waals surface area contributed by atoms with Crippen molar-refractivity contribution in [3.05, 3.63) is 60.7 Å². The van der Waals surface area contributed by atoms with Gasteiger partial charge in [-0.1, -0.05) is 49.3 Å². The molecule has 0 bridgehead atoms. The first-order chi connectivity index (χ1) is 21.8. The SMILES string of the molecule is C=CCCCCC[C@H](NC(=O)OC(C)(C)C)C(=O)NC(CCOC(=O)N1Cc2ccccc2C1)C(=O)N[C@]1(C(=O)OC)CC1C=C. The third kappa shape index (κ3) is 10.1. The van der Waals surface area contributed by atoms with Gasteiger partial charge < -0.3 is 30.2 Å². The van der Waals surface area contributed by atoms with Gasteiger partial charge in [-0.2, -0.15) is 0 Å². The van der Waals surface area contributed by atoms with E-state index in [9.17, 15) is 24.0 Å². The average molecular weight is 641 g/mol. The Morgan fingerprint density at radius 1 is 0.978 bits per heavy atom. The highest BCUT2D eigenvalue weighted by Gasteiger charge is 2.61. The van der Waals surface area contributed by atoms with Crippen LogP contribution in [0.2, 0.25) is 0 Å². The van der Waals surface area contributed by atoms with E-state index in [1.54, 1.807) is 31.7 Å². The fourth-order valence-corrected chi connectivity index (χ4v) is 5.38. The molecule has 252 valence electrons. The topological polar surface area (TPSA) is 152 Å². The summed E-state index contributed by atoms with van der Waals surface area (Å²) in [6, 6.07) is 5.51. The molecule has 1 aromatic rings. The number of carbonyl (C=O) groups is 5. The highest BCUT2D eigenvalue weighted by Crippen LogP contribution is 2.45. The molecular formula is C34H48N4O8. The Morgan fingerprint density at radius 2 is 1.63 bits per heavy atom. The molecule has 1 aliphatic heterocycles. The zero-order chi connectivity index (χ0) is 33.9. The largest absolute Gasteiger partial charge is 0.467 e. The fraction of sp³-hybridized carbons (Fsp3) is 0.559. The van der Waals surface area contributed by atoms with Crippen LogP contribution in [0, 0.1) is 5.92 Å². The van der Waals surface area contributed by atoms with Crippen LogP contribution in [0.15, 0.2) is 49.6 Å². The molecule has 1 heterocycles. The Bertz CT molecular complexity index is 1270. The molecule has 4 amide bonds. The van der Waals surface area contributed by atoms with Crippen molar-refractivity contribution in [3.63, 3.8) is 0 Å². The summed E-state index contributed by atoms with van der Waals surface area (Å²) in [5.74, 6) is -2.24. The molecular weight excluding hydrogens is 592 g/mol. The molecule has 12 nitrogen and oxygen atoms in total. The van der Waals surface area contributed by atoms with Crippen molar-refractivity contribution in [2.75, 3.05) is 13.7 Å². The molecule has 46 heavy (non-hydrogen) atoms. The van der Waals surface area contributed by atoms with Crippen LogP contribution in [0.5, 0.6) is 0 Å². The molecule has 0 aromatic heterocycles. The van der Waals surface area contributed by atoms with Gasteiger partial charge in [0.1, 0.15) is 23.2 Å². The molecule has 0 spiro atoms. The monoisotopic (exact) mass is 640 g/mol. The highest BCUT2D eigenvalue weighted by atomic mass is 16.6. The van der Waals surface area contributed by atoms with Crippen molar-refractivity contribution in [1.82, 2.24) is 20.9 Å². The Kier molecular flexibility index (Phi) is 12.8. The number of methoxy groups -OCH3 is 1. The molecule has 3 rings (SSSR count). The van der Waals surface area contributed by atoms with Crippen LogP contribution in [-0.2, 0) is 41.7 Å². The van der Waals surface area contributed by atoms with Gasteiger partial charge in [-0.15, -0.1) is 13.2 Å². The molecule has 2 unspecified atom stereocenters. The van der Waals surface area contributed by atoms with Gasteiger partial charge in [0, 0.05) is 25.4 Å². The Hall–Kier alpha value is -4.35. The maximum absolute atomic E-state index is 13.6. The minimum Gasteiger partial charge on any atom is -0.467 e. The number of esters is 1. The summed E-state index contributed by atoms with van der Waals surface area (Å²) in [7, 11) is 1.23. The first-order valence-electron chi connectivity index (χ1n) is 15.8. The first-order valence-corrected chi connectivity index (χ1v) is 15.8. The van der Waals surface area contributed by atoms with E-state index in [2.05, 4.69) is 29.1 Å². The van der Waals surface area contributed by atoms with Gasteiger partial charge in [0.25, 0.3) is 0 Å². The number of amides is 4. The second kappa shape index (κ2) is 16.3. The van der Waals surface area contributed by atoms with Gasteiger partial charge >= 0.3 is 18.2 Å². The van der Waals surface area contributed by atoms with Crippen molar-refractivity contribution in [3.8, 4) is 0 Å². The normalized spacial score (nSPS) is 19.5. The van der Waals surface area contributed by atoms with Crippen LogP contribution in [0.3, 0.4) is 0 Å². The number of nitrogens with zero attached hydrogens (tertiary/aromatic N) is 1. The van der Waals surface area contributed by atoms with E-state index in [1.807, 2.05) is 30.3 Å². The third-order valence-electron chi connectivity index (χ3n) is 7.97. The Balaban J connectivity index is 1.72. The van der Waals surface area contributed by atoms with Gasteiger partial charge in [0.2, 0.25) is 11.8 Å². The van der Waals surface area contributed by atoms with Gasteiger partial charge in [0.05, 0.1) is 13.7 Å². The lowest BCUT2D eigenvalue weighted by Gasteiger charge is -2.26. The number of hydrogen-bond acceptors (Lipinski definition) is 8. The van der Waals surface area contributed by atoms with E-state index in [4.69, 9.17) is 14.2 Å². The van der Waals surface area contributed by atoms with Gasteiger partial charge in [-0.3, -0.25) is 14.5 Å². The van der Waals surface area contributed by atoms with Crippen LogP contribution in [0.25, 0.3) is 0 Å². The number of rotatable bonds is 16. The number of carbonyl (C=O) groups excluding carboxylic acids is 5. The summed E-state index contributed by atoms with van der Waals surface area (Å²) in [5.41, 5.74) is -0.0160. The predicted octanol–water partition coefficient (Wildman–Crippen LogP) is 4.28. The number of fused-ring (bicyclic) bond motifs is 1. The van der Waals surface area contributed by atoms with E-state index in [1.165, 1.54) is 7.11 Å². The van der Waals surface area contributed by atoms with Crippen LogP contribution in [0.1, 0.15) is 76.8 Å². The molecule has 1 aliphatic carbocycles. The van der Waals surface area contributed by atoms with Gasteiger partial charge in [0.15, 0.2) is 0 Å². The zero-order valence-electron chi connectivity index (χ0n) is 27.4. The second-order valence-corrected chi connectivity index (χ2v) is 12.7. The summed E-state index contributed by atoms with van der Waals surface area (Å²) in [6.45, 7) is 13.2. The molecule has 12 heteroatoms. The Labute approximate surface area is 271 Å². The lowest BCUT2D eigenvalue weighted by molar-refractivity contribution is -0.147. The summed E-state index contributed by atoms with van der Waals surface area (Å²) >= 11 is 0. The molecule has 3 N–H and O–H groups in total. The molecule has 2 aliphatic rings. The van der Waals surface area contributed by atoms with Gasteiger partial charge in [-0.05, 0) is 57.6 Å². The van der Waals surface area contributed by atoms with E-state index >= 15 is 0 Å². The average Bonchev–Trinajstić information content (AvgIpc) is 3.54. The van der Waals surface area contributed by atoms with Crippen LogP contribution in [0.4, 0.5) is 9.59 Å². The Morgan fingerprint density at radius 3 is 2.20 bits per heavy atom. The lowest BCUT2D eigenvalue weighted by atomic mass is 10.0. The number of alkyl carbamates (subject to hydrolysis) is 1. The molecule has 0 saturated heterocycles. The molecule has 1 fully saturated rings. The quantitative estimate of drug-likeness (QED) is 0.105. The van der Waals surface area contributed by atoms with Crippen molar-refractivity contribution < 1.29 is 38.2 Å². The molecule has 1 saturated carbocycles. The van der Waals surface area contributed by atoms with E-state index < -0.39 is 53.2 Å². The lowest BCUT2D eigenvalue weighted by Crippen LogP contribution is -2.57. The fourth-order valence-electron chi connectivity index (χ4n) is 5.38. The van der Waals surface area contributed by atoms with Crippen molar-refractivity contribution in [2.24, 2.45) is 5.92 Å². The molecule has 1 aromatic carbocycles. The predicted molar refractivity (Wildman–Crippen MR) is 171 cm³/mol. The molecule has 4 atom stereocenters. The van der Waals surface area contributed by atoms with Crippen LogP contribution < -0.4 is 16.0 Å². The number of hydrogen-bond donors (Lipinski definition) is 3. The van der Waals surface area contributed by atoms with E-state index in [-0.39, 0.29) is 18.9 Å². The van der Waals surface area contributed by atoms with Crippen LogP contribution in [-0.4, -0.2) is 71.8 Å². The van der Waals surface area contributed by atoms with E-state index in [0.29, 0.717) is 32.4 Å². The van der Waals surface area contributed by atoms with Crippen molar-refractivity contribution >= 4 is 30.0 Å². The summed E-state index contributed by atoms with van der Waals surface area (Å²) in [4.78, 5) is 66.9. The smallest absolute Gasteiger partial charge is 0.410 e. The number of unbranched alkanes of at least 4 members (excludes halogenated alkanes) is 3. The standard InChI is InChI=1S/C34H48N4O8/c1-7-9-10-11-12-17-26(36-31(42)46-33(3,4)5)28(39)35-27(29(40)37-34(30(41)44-6)20-25(34)8-2)18-19-45-32(43)38-21-23-15-13-14-16-24(23)22-38/h7-8,13-16,25-27H,1-2,9-12,17-22H2,3-6H3,(H,35,39)(H,36,42)(H,37,40)/t25?,26-,27?,34+/m0/s1. The third-order valence-corrected chi connectivity index (χ3v) is 7.97. The summed E-state index contributed by atoms with van der Waals surface area (Å²) in [5, 5.41) is 8.08. The minimum atomic E-state index is -1.30. The second-order valence-electron chi connectivity index (χ2n) is 12.7. The molecule has 0 radical (unpaired) electrons. The maximum Gasteiger partial charge on any atom is 0.410 e. The van der Waals surface area contributed by atoms with Crippen molar-refractivity contribution in [1.29, 1.82) is 0 Å². The van der Waals surface area contributed by atoms with Crippen LogP contribution >= 0.6 is 0 Å². The summed E-state index contributed by atoms with van der Waals surface area (Å²) < 4.78 is 15.8. The zero-order valence-corrected chi connectivity index (χ0v) is 27.4. The number of benzene rings is 1. The highest BCUT2D eigenvalue weighted by molar-refractivity contribution is 5.96. The number of ether oxygens (including phenoxy) is 3. The number of allylic oxidation sites excluding steroid dienone is 1. The van der Waals surface area contributed by atoms with Crippen molar-refractivity contribution in [2.45, 2.75) is 102 Å². The first kappa shape index (κ1) is 36.1. The van der Waals surface area contributed by atoms with E-state index in [0.717, 1.165) is 30.4 Å².